The van der Waals surface area contributed by atoms with Crippen LogP contribution in [0.2, 0.25) is 0 Å². The maximum absolute atomic E-state index is 12.0. The zero-order chi connectivity index (χ0) is 20.6. The average Bonchev–Trinajstić information content (AvgIpc) is 3.21. The van der Waals surface area contributed by atoms with Crippen molar-refractivity contribution in [3.05, 3.63) is 58.9 Å². The molecule has 3 aromatic rings. The summed E-state index contributed by atoms with van der Waals surface area (Å²) in [7, 11) is 1.59. The lowest BCUT2D eigenvalue weighted by Gasteiger charge is -2.08. The van der Waals surface area contributed by atoms with E-state index in [1.54, 1.807) is 25.3 Å². The number of anilines is 1. The molecule has 0 radical (unpaired) electrons. The Morgan fingerprint density at radius 3 is 2.59 bits per heavy atom. The van der Waals surface area contributed by atoms with Crippen molar-refractivity contribution >= 4 is 33.4 Å². The summed E-state index contributed by atoms with van der Waals surface area (Å²) in [5, 5.41) is 9.21. The van der Waals surface area contributed by atoms with E-state index >= 15 is 0 Å². The van der Waals surface area contributed by atoms with E-state index in [0.29, 0.717) is 17.4 Å². The minimum Gasteiger partial charge on any atom is -0.497 e. The number of benzene rings is 2. The predicted molar refractivity (Wildman–Crippen MR) is 110 cm³/mol. The molecule has 29 heavy (non-hydrogen) atoms. The van der Waals surface area contributed by atoms with Crippen molar-refractivity contribution in [2.75, 3.05) is 19.0 Å². The molecular weight excluding hydrogens is 440 g/mol. The number of nitrogens with zero attached hydrogens (tertiary/aromatic N) is 2. The molecule has 0 unspecified atom stereocenters. The minimum absolute atomic E-state index is 0.124. The highest BCUT2D eigenvalue weighted by molar-refractivity contribution is 9.10. The summed E-state index contributed by atoms with van der Waals surface area (Å²) < 4.78 is 11.1. The van der Waals surface area contributed by atoms with Crippen molar-refractivity contribution in [1.29, 1.82) is 0 Å². The van der Waals surface area contributed by atoms with Gasteiger partial charge in [-0.1, -0.05) is 17.3 Å². The van der Waals surface area contributed by atoms with Crippen LogP contribution in [0.1, 0.15) is 12.3 Å². The number of ether oxygens (including phenoxy) is 1. The monoisotopic (exact) mass is 458 g/mol. The molecule has 0 aliphatic rings. The lowest BCUT2D eigenvalue weighted by Crippen LogP contribution is -2.33. The zero-order valence-electron chi connectivity index (χ0n) is 15.6. The standard InChI is InChI=1S/C20H19BrN4O4/c1-28-14-8-6-13(7-9-14)20-24-19(29-25-20)11-10-17(26)22-12-18(27)23-16-5-3-2-4-15(16)21/h2-9H,10-12H2,1H3,(H,22,26)(H,23,27). The summed E-state index contributed by atoms with van der Waals surface area (Å²) in [5.74, 6) is 0.929. The Kier molecular flexibility index (Phi) is 6.96. The van der Waals surface area contributed by atoms with E-state index < -0.39 is 0 Å². The largest absolute Gasteiger partial charge is 0.497 e. The zero-order valence-corrected chi connectivity index (χ0v) is 17.2. The summed E-state index contributed by atoms with van der Waals surface area (Å²) in [5.41, 5.74) is 1.43. The molecule has 0 saturated heterocycles. The number of aryl methyl sites for hydroxylation is 1. The van der Waals surface area contributed by atoms with Crippen molar-refractivity contribution in [3.8, 4) is 17.1 Å². The van der Waals surface area contributed by atoms with Crippen LogP contribution < -0.4 is 15.4 Å². The number of rotatable bonds is 8. The lowest BCUT2D eigenvalue weighted by molar-refractivity contribution is -0.124. The Bertz CT molecular complexity index is 988. The van der Waals surface area contributed by atoms with Crippen LogP contribution in [-0.2, 0) is 16.0 Å². The summed E-state index contributed by atoms with van der Waals surface area (Å²) >= 11 is 3.35. The van der Waals surface area contributed by atoms with Gasteiger partial charge in [-0.05, 0) is 52.3 Å². The molecule has 8 nitrogen and oxygen atoms in total. The Morgan fingerprint density at radius 1 is 1.10 bits per heavy atom. The minimum atomic E-state index is -0.315. The normalized spacial score (nSPS) is 10.4. The summed E-state index contributed by atoms with van der Waals surface area (Å²) in [6, 6.07) is 14.5. The van der Waals surface area contributed by atoms with Crippen LogP contribution in [0.4, 0.5) is 5.69 Å². The van der Waals surface area contributed by atoms with E-state index in [4.69, 9.17) is 9.26 Å². The van der Waals surface area contributed by atoms with Crippen molar-refractivity contribution in [1.82, 2.24) is 15.5 Å². The third kappa shape index (κ3) is 5.89. The maximum atomic E-state index is 12.0. The van der Waals surface area contributed by atoms with Gasteiger partial charge in [0.05, 0.1) is 19.3 Å². The smallest absolute Gasteiger partial charge is 0.243 e. The Labute approximate surface area is 175 Å². The molecule has 9 heteroatoms. The molecule has 1 heterocycles. The molecule has 150 valence electrons. The fraction of sp³-hybridized carbons (Fsp3) is 0.200. The molecule has 1 aromatic heterocycles. The number of halogens is 1. The lowest BCUT2D eigenvalue weighted by atomic mass is 10.2. The van der Waals surface area contributed by atoms with E-state index in [2.05, 4.69) is 36.7 Å². The van der Waals surface area contributed by atoms with Crippen LogP contribution in [0, 0.1) is 0 Å². The second-order valence-electron chi connectivity index (χ2n) is 6.04. The molecule has 0 bridgehead atoms. The molecule has 0 atom stereocenters. The van der Waals surface area contributed by atoms with E-state index in [0.717, 1.165) is 15.8 Å². The predicted octanol–water partition coefficient (Wildman–Crippen LogP) is 3.20. The van der Waals surface area contributed by atoms with E-state index in [1.807, 2.05) is 30.3 Å². The first-order valence-electron chi connectivity index (χ1n) is 8.83. The molecule has 0 spiro atoms. The third-order valence-electron chi connectivity index (χ3n) is 3.98. The molecule has 2 aromatic carbocycles. The topological polar surface area (TPSA) is 106 Å². The van der Waals surface area contributed by atoms with Crippen molar-refractivity contribution in [2.24, 2.45) is 0 Å². The van der Waals surface area contributed by atoms with Gasteiger partial charge in [0, 0.05) is 22.9 Å². The fourth-order valence-corrected chi connectivity index (χ4v) is 2.84. The highest BCUT2D eigenvalue weighted by Crippen LogP contribution is 2.21. The molecule has 0 aliphatic carbocycles. The number of carbonyl (C=O) groups excluding carboxylic acids is 2. The summed E-state index contributed by atoms with van der Waals surface area (Å²) in [6.45, 7) is -0.124. The van der Waals surface area contributed by atoms with Gasteiger partial charge in [-0.25, -0.2) is 0 Å². The number of hydrogen-bond donors (Lipinski definition) is 2. The number of methoxy groups -OCH3 is 1. The van der Waals surface area contributed by atoms with Crippen molar-refractivity contribution < 1.29 is 18.8 Å². The van der Waals surface area contributed by atoms with Crippen LogP contribution >= 0.6 is 15.9 Å². The van der Waals surface area contributed by atoms with Gasteiger partial charge in [-0.2, -0.15) is 4.98 Å². The third-order valence-corrected chi connectivity index (χ3v) is 4.67. The highest BCUT2D eigenvalue weighted by atomic mass is 79.9. The average molecular weight is 459 g/mol. The molecule has 2 N–H and O–H groups in total. The van der Waals surface area contributed by atoms with Crippen molar-refractivity contribution in [2.45, 2.75) is 12.8 Å². The van der Waals surface area contributed by atoms with Gasteiger partial charge in [-0.15, -0.1) is 0 Å². The van der Waals surface area contributed by atoms with Crippen LogP contribution in [0.3, 0.4) is 0 Å². The van der Waals surface area contributed by atoms with Gasteiger partial charge in [0.15, 0.2) is 0 Å². The van der Waals surface area contributed by atoms with Crippen LogP contribution in [0.15, 0.2) is 57.5 Å². The van der Waals surface area contributed by atoms with Gasteiger partial charge in [0.2, 0.25) is 23.5 Å². The molecule has 2 amide bonds. The second kappa shape index (κ2) is 9.83. The van der Waals surface area contributed by atoms with Gasteiger partial charge in [-0.3, -0.25) is 9.59 Å². The number of para-hydroxylation sites is 1. The van der Waals surface area contributed by atoms with Gasteiger partial charge >= 0.3 is 0 Å². The summed E-state index contributed by atoms with van der Waals surface area (Å²) in [6.07, 6.45) is 0.410. The van der Waals surface area contributed by atoms with Gasteiger partial charge < -0.3 is 19.9 Å². The number of carbonyl (C=O) groups is 2. The first-order chi connectivity index (χ1) is 14.0. The highest BCUT2D eigenvalue weighted by Gasteiger charge is 2.12. The Balaban J connectivity index is 1.44. The van der Waals surface area contributed by atoms with Gasteiger partial charge in [0.25, 0.3) is 0 Å². The number of aromatic nitrogens is 2. The first-order valence-corrected chi connectivity index (χ1v) is 9.62. The van der Waals surface area contributed by atoms with E-state index in [1.165, 1.54) is 0 Å². The molecule has 0 fully saturated rings. The maximum Gasteiger partial charge on any atom is 0.243 e. The Morgan fingerprint density at radius 2 is 1.86 bits per heavy atom. The molecule has 0 aliphatic heterocycles. The van der Waals surface area contributed by atoms with Crippen molar-refractivity contribution in [3.63, 3.8) is 0 Å². The van der Waals surface area contributed by atoms with E-state index in [9.17, 15) is 9.59 Å². The van der Waals surface area contributed by atoms with Crippen LogP contribution in [0.5, 0.6) is 5.75 Å². The van der Waals surface area contributed by atoms with Crippen LogP contribution in [0.25, 0.3) is 11.4 Å². The second-order valence-corrected chi connectivity index (χ2v) is 6.90. The number of hydrogen-bond acceptors (Lipinski definition) is 6. The number of amides is 2. The summed E-state index contributed by atoms with van der Waals surface area (Å²) in [4.78, 5) is 28.2. The molecule has 3 rings (SSSR count). The van der Waals surface area contributed by atoms with Gasteiger partial charge in [0.1, 0.15) is 5.75 Å². The number of nitrogens with one attached hydrogen (secondary N) is 2. The van der Waals surface area contributed by atoms with Crippen LogP contribution in [-0.4, -0.2) is 35.6 Å². The SMILES string of the molecule is COc1ccc(-c2noc(CCC(=O)NCC(=O)Nc3ccccc3Br)n2)cc1. The Hall–Kier alpha value is -3.20. The quantitative estimate of drug-likeness (QED) is 0.536. The van der Waals surface area contributed by atoms with E-state index in [-0.39, 0.29) is 31.2 Å². The molecule has 0 saturated carbocycles. The molecular formula is C20H19BrN4O4. The first kappa shape index (κ1) is 20.5. The fourth-order valence-electron chi connectivity index (χ4n) is 2.46.